The highest BCUT2D eigenvalue weighted by Crippen LogP contribution is 2.76. The zero-order valence-electron chi connectivity index (χ0n) is 21.9. The number of fused-ring (bicyclic) bond motifs is 11. The standard InChI is InChI=1S/C36H27N2S/c1-38(2)33(24-14-4-3-5-15-24)37-34-35(29-20-10-6-16-25(29)26-17-7-11-21-30(26)35)36(39-34)31-22-12-8-18-27(31)28-19-9-13-23-32(28)36/h3-23H,1-2H3/q+1. The van der Waals surface area contributed by atoms with E-state index in [1.165, 1.54) is 44.5 Å². The molecular formula is C36H27N2S+. The summed E-state index contributed by atoms with van der Waals surface area (Å²) in [7, 11) is 4.18. The Morgan fingerprint density at radius 1 is 0.538 bits per heavy atom. The first-order valence-corrected chi connectivity index (χ1v) is 14.3. The normalized spacial score (nSPS) is 16.1. The van der Waals surface area contributed by atoms with Crippen molar-refractivity contribution >= 4 is 22.6 Å². The van der Waals surface area contributed by atoms with Gasteiger partial charge in [0.05, 0.1) is 24.4 Å². The van der Waals surface area contributed by atoms with Crippen LogP contribution in [-0.2, 0) is 10.2 Å². The number of nitrogens with zero attached hydrogens (tertiary/aromatic N) is 2. The van der Waals surface area contributed by atoms with E-state index >= 15 is 0 Å². The van der Waals surface area contributed by atoms with E-state index in [0.717, 1.165) is 16.4 Å². The van der Waals surface area contributed by atoms with Crippen molar-refractivity contribution in [3.05, 3.63) is 155 Å². The molecule has 0 atom stereocenters. The van der Waals surface area contributed by atoms with Gasteiger partial charge < -0.3 is 0 Å². The molecular weight excluding hydrogens is 492 g/mol. The number of rotatable bonds is 1. The molecule has 8 rings (SSSR count). The van der Waals surface area contributed by atoms with Crippen LogP contribution in [0.1, 0.15) is 27.8 Å². The van der Waals surface area contributed by atoms with Crippen molar-refractivity contribution in [2.75, 3.05) is 14.1 Å². The van der Waals surface area contributed by atoms with Crippen LogP contribution in [-0.4, -0.2) is 29.9 Å². The molecule has 5 aromatic carbocycles. The summed E-state index contributed by atoms with van der Waals surface area (Å²) in [4.78, 5) is 2.14. The molecule has 0 bridgehead atoms. The quantitative estimate of drug-likeness (QED) is 0.134. The van der Waals surface area contributed by atoms with E-state index in [0.29, 0.717) is 0 Å². The van der Waals surface area contributed by atoms with E-state index in [2.05, 4.69) is 146 Å². The molecule has 2 spiro atoms. The molecule has 0 radical (unpaired) electrons. The largest absolute Gasteiger partial charge is 0.377 e. The third-order valence-electron chi connectivity index (χ3n) is 8.62. The van der Waals surface area contributed by atoms with Crippen LogP contribution in [0, 0.1) is 0 Å². The second kappa shape index (κ2) is 8.10. The molecule has 0 saturated carbocycles. The predicted octanol–water partition coefficient (Wildman–Crippen LogP) is 7.10. The molecule has 1 aliphatic heterocycles. The maximum atomic E-state index is 5.57. The molecule has 2 nitrogen and oxygen atoms in total. The molecule has 5 aromatic rings. The fourth-order valence-corrected chi connectivity index (χ4v) is 9.01. The summed E-state index contributed by atoms with van der Waals surface area (Å²) >= 11 is 1.94. The lowest BCUT2D eigenvalue weighted by atomic mass is 9.63. The number of thioether (sulfide) groups is 1. The van der Waals surface area contributed by atoms with E-state index in [4.69, 9.17) is 4.67 Å². The van der Waals surface area contributed by atoms with Gasteiger partial charge in [0.25, 0.3) is 5.04 Å². The Morgan fingerprint density at radius 3 is 1.44 bits per heavy atom. The van der Waals surface area contributed by atoms with Gasteiger partial charge in [0.1, 0.15) is 5.41 Å². The minimum absolute atomic E-state index is 0.310. The van der Waals surface area contributed by atoms with Gasteiger partial charge in [-0.3, -0.25) is 4.90 Å². The average Bonchev–Trinajstić information content (AvgIpc) is 3.46. The predicted molar refractivity (Wildman–Crippen MR) is 164 cm³/mol. The fourth-order valence-electron chi connectivity index (χ4n) is 7.17. The van der Waals surface area contributed by atoms with Gasteiger partial charge in [-0.1, -0.05) is 127 Å². The van der Waals surface area contributed by atoms with Gasteiger partial charge in [-0.2, -0.15) is 4.67 Å². The molecule has 2 aliphatic carbocycles. The van der Waals surface area contributed by atoms with Crippen LogP contribution in [0.3, 0.4) is 0 Å². The summed E-state index contributed by atoms with van der Waals surface area (Å²) in [5.41, 5.74) is 11.5. The van der Waals surface area contributed by atoms with Gasteiger partial charge in [0.2, 0.25) is 0 Å². The Morgan fingerprint density at radius 2 is 0.949 bits per heavy atom. The van der Waals surface area contributed by atoms with Crippen LogP contribution >= 0.6 is 11.8 Å². The Hall–Kier alpha value is -4.30. The monoisotopic (exact) mass is 519 g/mol. The molecule has 0 unspecified atom stereocenters. The summed E-state index contributed by atoms with van der Waals surface area (Å²) in [5.74, 6) is 0.980. The minimum Gasteiger partial charge on any atom is -0.253 e. The Kier molecular flexibility index (Phi) is 4.71. The van der Waals surface area contributed by atoms with Gasteiger partial charge in [-0.25, -0.2) is 0 Å². The van der Waals surface area contributed by atoms with E-state index in [9.17, 15) is 0 Å². The molecule has 1 saturated heterocycles. The van der Waals surface area contributed by atoms with Crippen LogP contribution in [0.25, 0.3) is 22.3 Å². The van der Waals surface area contributed by atoms with Gasteiger partial charge in [-0.15, -0.1) is 0 Å². The van der Waals surface area contributed by atoms with Gasteiger partial charge >= 0.3 is 5.84 Å². The maximum absolute atomic E-state index is 5.57. The summed E-state index contributed by atoms with van der Waals surface area (Å²) in [6.45, 7) is 0. The van der Waals surface area contributed by atoms with Crippen LogP contribution in [0.15, 0.2) is 127 Å². The first kappa shape index (κ1) is 22.7. The highest BCUT2D eigenvalue weighted by atomic mass is 32.2. The van der Waals surface area contributed by atoms with Gasteiger partial charge in [0, 0.05) is 0 Å². The number of hydrogen-bond acceptors (Lipinski definition) is 1. The molecule has 186 valence electrons. The lowest BCUT2D eigenvalue weighted by Gasteiger charge is -2.54. The van der Waals surface area contributed by atoms with Crippen molar-refractivity contribution in [2.45, 2.75) is 10.2 Å². The van der Waals surface area contributed by atoms with E-state index in [-0.39, 0.29) is 4.75 Å². The minimum atomic E-state index is -0.427. The van der Waals surface area contributed by atoms with Crippen molar-refractivity contribution in [3.8, 4) is 22.3 Å². The summed E-state index contributed by atoms with van der Waals surface area (Å²) < 4.78 is 5.26. The van der Waals surface area contributed by atoms with Crippen molar-refractivity contribution in [2.24, 2.45) is 0 Å². The molecule has 39 heavy (non-hydrogen) atoms. The summed E-state index contributed by atoms with van der Waals surface area (Å²) in [5, 5.41) is 1.15. The maximum Gasteiger partial charge on any atom is 0.377 e. The van der Waals surface area contributed by atoms with E-state index < -0.39 is 5.41 Å². The average molecular weight is 520 g/mol. The molecule has 0 aromatic heterocycles. The molecule has 3 heteroatoms. The first-order valence-electron chi connectivity index (χ1n) is 13.4. The Bertz CT molecular complexity index is 1770. The lowest BCUT2D eigenvalue weighted by molar-refractivity contribution is 0.549. The van der Waals surface area contributed by atoms with Crippen LogP contribution in [0.5, 0.6) is 0 Å². The highest BCUT2D eigenvalue weighted by Gasteiger charge is 2.76. The van der Waals surface area contributed by atoms with Gasteiger partial charge in [0.15, 0.2) is 0 Å². The van der Waals surface area contributed by atoms with Crippen molar-refractivity contribution in [1.29, 1.82) is 0 Å². The van der Waals surface area contributed by atoms with E-state index in [1.54, 1.807) is 0 Å². The van der Waals surface area contributed by atoms with Crippen molar-refractivity contribution < 1.29 is 0 Å². The molecule has 0 N–H and O–H groups in total. The van der Waals surface area contributed by atoms with Crippen molar-refractivity contribution in [3.63, 3.8) is 0 Å². The fraction of sp³-hybridized carbons (Fsp3) is 0.111. The SMILES string of the molecule is CN(C)C(=[N+]=C1SC2(c3ccccc3-c3ccccc32)C12c1ccccc1-c1ccccc12)c1ccccc1. The molecule has 1 heterocycles. The smallest absolute Gasteiger partial charge is 0.253 e. The lowest BCUT2D eigenvalue weighted by Crippen LogP contribution is -2.61. The van der Waals surface area contributed by atoms with Crippen LogP contribution < -0.4 is 4.67 Å². The number of benzene rings is 5. The second-order valence-corrected chi connectivity index (χ2v) is 11.9. The summed E-state index contributed by atoms with van der Waals surface area (Å²) in [6.07, 6.45) is 0. The van der Waals surface area contributed by atoms with E-state index in [1.807, 2.05) is 11.8 Å². The molecule has 1 fully saturated rings. The zero-order valence-corrected chi connectivity index (χ0v) is 22.7. The Labute approximate surface area is 233 Å². The summed E-state index contributed by atoms with van der Waals surface area (Å²) in [6, 6.07) is 46.6. The molecule has 0 amide bonds. The Balaban J connectivity index is 1.56. The first-order chi connectivity index (χ1) is 19.2. The number of amidine groups is 1. The third kappa shape index (κ3) is 2.71. The molecule has 3 aliphatic rings. The van der Waals surface area contributed by atoms with Crippen LogP contribution in [0.4, 0.5) is 0 Å². The van der Waals surface area contributed by atoms with Crippen molar-refractivity contribution in [1.82, 2.24) is 9.57 Å². The topological polar surface area (TPSA) is 17.3 Å². The van der Waals surface area contributed by atoms with Crippen LogP contribution in [0.2, 0.25) is 0 Å². The van der Waals surface area contributed by atoms with Gasteiger partial charge in [-0.05, 0) is 56.6 Å². The third-order valence-corrected chi connectivity index (χ3v) is 10.3. The number of hydrogen-bond donors (Lipinski definition) is 0. The second-order valence-electron chi connectivity index (χ2n) is 10.7. The zero-order chi connectivity index (χ0) is 26.2. The highest BCUT2D eigenvalue weighted by molar-refractivity contribution is 8.17.